The number of nitrogens with zero attached hydrogens (tertiary/aromatic N) is 4. The van der Waals surface area contributed by atoms with Gasteiger partial charge in [-0.25, -0.2) is 15.0 Å². The third-order valence-corrected chi connectivity index (χ3v) is 3.76. The van der Waals surface area contributed by atoms with Crippen LogP contribution in [-0.4, -0.2) is 25.1 Å². The Morgan fingerprint density at radius 3 is 2.53 bits per heavy atom. The molecule has 2 heterocycles. The van der Waals surface area contributed by atoms with Crippen LogP contribution in [0.2, 0.25) is 5.15 Å². The highest BCUT2D eigenvalue weighted by molar-refractivity contribution is 14.1. The van der Waals surface area contributed by atoms with E-state index >= 15 is 0 Å². The van der Waals surface area contributed by atoms with E-state index in [0.29, 0.717) is 16.8 Å². The Labute approximate surface area is 118 Å². The zero-order valence-corrected chi connectivity index (χ0v) is 12.5. The van der Waals surface area contributed by atoms with Gasteiger partial charge in [-0.1, -0.05) is 32.4 Å². The van der Waals surface area contributed by atoms with Crippen LogP contribution in [0.1, 0.15) is 26.5 Å². The summed E-state index contributed by atoms with van der Waals surface area (Å²) in [6.07, 6.45) is 1.42. The molecule has 0 spiro atoms. The van der Waals surface area contributed by atoms with Crippen LogP contribution in [0, 0.1) is 3.57 Å². The van der Waals surface area contributed by atoms with E-state index in [0.717, 1.165) is 9.26 Å². The van der Waals surface area contributed by atoms with Crippen molar-refractivity contribution < 1.29 is 0 Å². The van der Waals surface area contributed by atoms with Gasteiger partial charge in [0.25, 0.3) is 0 Å². The highest BCUT2D eigenvalue weighted by Gasteiger charge is 2.23. The zero-order chi connectivity index (χ0) is 12.6. The fourth-order valence-corrected chi connectivity index (χ4v) is 2.56. The van der Waals surface area contributed by atoms with E-state index in [4.69, 9.17) is 11.6 Å². The molecule has 0 fully saturated rings. The van der Waals surface area contributed by atoms with Gasteiger partial charge in [-0.15, -0.1) is 0 Å². The molecule has 0 radical (unpaired) electrons. The minimum absolute atomic E-state index is 0.0993. The Kier molecular flexibility index (Phi) is 3.35. The summed E-state index contributed by atoms with van der Waals surface area (Å²) < 4.78 is 0.875. The molecule has 0 aliphatic heterocycles. The van der Waals surface area contributed by atoms with Crippen molar-refractivity contribution in [2.24, 2.45) is 0 Å². The van der Waals surface area contributed by atoms with Gasteiger partial charge in [0, 0.05) is 5.41 Å². The molecule has 0 unspecified atom stereocenters. The monoisotopic (exact) mass is 363 g/mol. The Morgan fingerprint density at radius 2 is 2.00 bits per heavy atom. The smallest absolute Gasteiger partial charge is 0.199 e. The second-order valence-corrected chi connectivity index (χ2v) is 6.02. The van der Waals surface area contributed by atoms with Gasteiger partial charge < -0.3 is 0 Å². The highest BCUT2D eigenvalue weighted by Crippen LogP contribution is 2.30. The molecule has 0 aliphatic rings. The average molecular weight is 364 g/mol. The van der Waals surface area contributed by atoms with E-state index in [-0.39, 0.29) is 5.41 Å². The van der Waals surface area contributed by atoms with Crippen LogP contribution in [0.25, 0.3) is 11.6 Å². The van der Waals surface area contributed by atoms with E-state index in [9.17, 15) is 0 Å². The SMILES string of the molecule is CC(C)(C)c1nc(-c2ncn[nH]2)nc(Cl)c1I. The predicted octanol–water partition coefficient (Wildman–Crippen LogP) is 2.82. The van der Waals surface area contributed by atoms with Crippen molar-refractivity contribution in [3.05, 3.63) is 20.7 Å². The topological polar surface area (TPSA) is 67.3 Å². The third-order valence-electron chi connectivity index (χ3n) is 2.15. The lowest BCUT2D eigenvalue weighted by molar-refractivity contribution is 0.563. The lowest BCUT2D eigenvalue weighted by atomic mass is 9.92. The summed E-state index contributed by atoms with van der Waals surface area (Å²) in [7, 11) is 0. The Bertz CT molecular complexity index is 532. The normalized spacial score (nSPS) is 11.8. The van der Waals surface area contributed by atoms with Gasteiger partial charge in [0.2, 0.25) is 0 Å². The first-order valence-electron chi connectivity index (χ1n) is 4.99. The molecule has 0 saturated carbocycles. The van der Waals surface area contributed by atoms with Crippen molar-refractivity contribution in [2.75, 3.05) is 0 Å². The first-order valence-corrected chi connectivity index (χ1v) is 6.44. The summed E-state index contributed by atoms with van der Waals surface area (Å²) in [4.78, 5) is 12.7. The van der Waals surface area contributed by atoms with E-state index in [1.54, 1.807) is 0 Å². The molecule has 2 aromatic heterocycles. The molecule has 0 bridgehead atoms. The zero-order valence-electron chi connectivity index (χ0n) is 9.62. The average Bonchev–Trinajstić information content (AvgIpc) is 2.73. The molecule has 0 atom stereocenters. The van der Waals surface area contributed by atoms with E-state index in [1.807, 2.05) is 0 Å². The number of hydrogen-bond donors (Lipinski definition) is 1. The van der Waals surface area contributed by atoms with Crippen molar-refractivity contribution >= 4 is 34.2 Å². The maximum atomic E-state index is 6.12. The number of halogens is 2. The third kappa shape index (κ3) is 2.57. The largest absolute Gasteiger partial charge is 0.257 e. The van der Waals surface area contributed by atoms with Crippen LogP contribution in [0.5, 0.6) is 0 Å². The van der Waals surface area contributed by atoms with Gasteiger partial charge in [0.05, 0.1) is 9.26 Å². The summed E-state index contributed by atoms with van der Waals surface area (Å²) in [6.45, 7) is 6.24. The van der Waals surface area contributed by atoms with E-state index in [2.05, 4.69) is 68.5 Å². The first-order chi connectivity index (χ1) is 7.89. The maximum Gasteiger partial charge on any atom is 0.199 e. The van der Waals surface area contributed by atoms with Crippen LogP contribution in [-0.2, 0) is 5.41 Å². The summed E-state index contributed by atoms with van der Waals surface area (Å²) in [5.41, 5.74) is 0.808. The first kappa shape index (κ1) is 12.7. The van der Waals surface area contributed by atoms with Gasteiger partial charge in [-0.2, -0.15) is 5.10 Å². The van der Waals surface area contributed by atoms with Gasteiger partial charge >= 0.3 is 0 Å². The van der Waals surface area contributed by atoms with Gasteiger partial charge in [-0.3, -0.25) is 5.10 Å². The van der Waals surface area contributed by atoms with Crippen LogP contribution < -0.4 is 0 Å². The molecule has 17 heavy (non-hydrogen) atoms. The predicted molar refractivity (Wildman–Crippen MR) is 73.8 cm³/mol. The van der Waals surface area contributed by atoms with Crippen molar-refractivity contribution in [1.82, 2.24) is 25.1 Å². The lowest BCUT2D eigenvalue weighted by Crippen LogP contribution is -2.17. The second-order valence-electron chi connectivity index (χ2n) is 4.58. The minimum atomic E-state index is -0.0993. The summed E-state index contributed by atoms with van der Waals surface area (Å²) in [5, 5.41) is 6.95. The molecule has 2 aromatic rings. The number of rotatable bonds is 1. The van der Waals surface area contributed by atoms with Crippen molar-refractivity contribution in [2.45, 2.75) is 26.2 Å². The van der Waals surface area contributed by atoms with E-state index in [1.165, 1.54) is 6.33 Å². The summed E-state index contributed by atoms with van der Waals surface area (Å²) in [6, 6.07) is 0. The second kappa shape index (κ2) is 4.49. The molecule has 0 aromatic carbocycles. The molecule has 0 amide bonds. The van der Waals surface area contributed by atoms with Crippen LogP contribution in [0.15, 0.2) is 6.33 Å². The maximum absolute atomic E-state index is 6.12. The van der Waals surface area contributed by atoms with Gasteiger partial charge in [0.1, 0.15) is 11.5 Å². The lowest BCUT2D eigenvalue weighted by Gasteiger charge is -2.20. The number of hydrogen-bond acceptors (Lipinski definition) is 4. The quantitative estimate of drug-likeness (QED) is 0.625. The number of aromatic nitrogens is 5. The summed E-state index contributed by atoms with van der Waals surface area (Å²) >= 11 is 8.28. The standard InChI is InChI=1S/C10H11ClIN5/c1-10(2,3)6-5(12)7(11)16-9(15-6)8-13-4-14-17-8/h4H,1-3H3,(H,13,14,17). The van der Waals surface area contributed by atoms with Crippen LogP contribution >= 0.6 is 34.2 Å². The molecule has 0 aliphatic carbocycles. The fourth-order valence-electron chi connectivity index (χ4n) is 1.34. The van der Waals surface area contributed by atoms with Crippen molar-refractivity contribution in [3.63, 3.8) is 0 Å². The Hall–Kier alpha value is -0.760. The number of H-pyrrole nitrogens is 1. The molecule has 0 saturated heterocycles. The molecule has 2 rings (SSSR count). The molecule has 1 N–H and O–H groups in total. The van der Waals surface area contributed by atoms with Crippen molar-refractivity contribution in [3.8, 4) is 11.6 Å². The Balaban J connectivity index is 2.62. The minimum Gasteiger partial charge on any atom is -0.257 e. The molecule has 5 nitrogen and oxygen atoms in total. The van der Waals surface area contributed by atoms with Crippen molar-refractivity contribution in [1.29, 1.82) is 0 Å². The number of nitrogens with one attached hydrogen (secondary N) is 1. The molecular weight excluding hydrogens is 353 g/mol. The van der Waals surface area contributed by atoms with E-state index < -0.39 is 0 Å². The van der Waals surface area contributed by atoms with Crippen LogP contribution in [0.3, 0.4) is 0 Å². The molecular formula is C10H11ClIN5. The molecule has 7 heteroatoms. The van der Waals surface area contributed by atoms with Gasteiger partial charge in [-0.05, 0) is 22.6 Å². The number of aromatic amines is 1. The highest BCUT2D eigenvalue weighted by atomic mass is 127. The molecule has 90 valence electrons. The summed E-state index contributed by atoms with van der Waals surface area (Å²) in [5.74, 6) is 0.992. The van der Waals surface area contributed by atoms with Crippen LogP contribution in [0.4, 0.5) is 0 Å². The fraction of sp³-hybridized carbons (Fsp3) is 0.400. The Morgan fingerprint density at radius 1 is 1.29 bits per heavy atom. The van der Waals surface area contributed by atoms with Gasteiger partial charge in [0.15, 0.2) is 11.6 Å².